The first-order valence-corrected chi connectivity index (χ1v) is 4.32. The van der Waals surface area contributed by atoms with Gasteiger partial charge in [-0.05, 0) is 18.6 Å². The van der Waals surface area contributed by atoms with Crippen LogP contribution in [-0.2, 0) is 0 Å². The van der Waals surface area contributed by atoms with Crippen LogP contribution < -0.4 is 5.43 Å². The third-order valence-corrected chi connectivity index (χ3v) is 2.59. The Labute approximate surface area is 71.3 Å². The predicted molar refractivity (Wildman–Crippen MR) is 47.0 cm³/mol. The zero-order valence-electron chi connectivity index (χ0n) is 6.77. The summed E-state index contributed by atoms with van der Waals surface area (Å²) in [5, 5.41) is 2.19. The standard InChI is InChI=1S/C9H11N3/c1-2-8-9-3-4-10-12(9)7-6-11(8)5-1/h1-2,5-7,9-10H,3-4H2. The number of aromatic nitrogens is 1. The molecule has 0 saturated carbocycles. The van der Waals surface area contributed by atoms with Crippen molar-refractivity contribution in [3.63, 3.8) is 0 Å². The smallest absolute Gasteiger partial charge is 0.0865 e. The number of rotatable bonds is 0. The second-order valence-electron chi connectivity index (χ2n) is 3.26. The van der Waals surface area contributed by atoms with E-state index in [2.05, 4.69) is 45.7 Å². The maximum atomic E-state index is 3.32. The monoisotopic (exact) mass is 161 g/mol. The van der Waals surface area contributed by atoms with Crippen molar-refractivity contribution in [2.45, 2.75) is 12.5 Å². The van der Waals surface area contributed by atoms with Gasteiger partial charge in [-0.1, -0.05) is 0 Å². The summed E-state index contributed by atoms with van der Waals surface area (Å²) in [5.41, 5.74) is 4.71. The van der Waals surface area contributed by atoms with Gasteiger partial charge in [0.1, 0.15) is 0 Å². The molecule has 12 heavy (non-hydrogen) atoms. The number of hydrogen-bond acceptors (Lipinski definition) is 2. The number of fused-ring (bicyclic) bond motifs is 3. The maximum absolute atomic E-state index is 3.32. The number of nitrogens with zero attached hydrogens (tertiary/aromatic N) is 2. The third kappa shape index (κ3) is 0.689. The Morgan fingerprint density at radius 1 is 1.42 bits per heavy atom. The molecule has 0 aliphatic carbocycles. The van der Waals surface area contributed by atoms with Crippen LogP contribution in [0.4, 0.5) is 0 Å². The molecular formula is C9H11N3. The minimum absolute atomic E-state index is 0.546. The van der Waals surface area contributed by atoms with Crippen LogP contribution in [0.15, 0.2) is 24.5 Å². The number of hydrazine groups is 1. The summed E-state index contributed by atoms with van der Waals surface area (Å²) in [6.45, 7) is 1.08. The quantitative estimate of drug-likeness (QED) is 0.616. The number of nitrogens with one attached hydrogen (secondary N) is 1. The molecule has 0 amide bonds. The Morgan fingerprint density at radius 2 is 2.42 bits per heavy atom. The molecule has 2 aliphatic rings. The van der Waals surface area contributed by atoms with Gasteiger partial charge < -0.3 is 9.58 Å². The summed E-state index contributed by atoms with van der Waals surface area (Å²) in [6, 6.07) is 4.83. The van der Waals surface area contributed by atoms with Crippen LogP contribution in [-0.4, -0.2) is 16.1 Å². The summed E-state index contributed by atoms with van der Waals surface area (Å²) in [6.07, 6.45) is 7.49. The van der Waals surface area contributed by atoms with E-state index < -0.39 is 0 Å². The van der Waals surface area contributed by atoms with Crippen molar-refractivity contribution >= 4 is 6.20 Å². The van der Waals surface area contributed by atoms with E-state index in [4.69, 9.17) is 0 Å². The highest BCUT2D eigenvalue weighted by Gasteiger charge is 2.27. The van der Waals surface area contributed by atoms with Gasteiger partial charge >= 0.3 is 0 Å². The van der Waals surface area contributed by atoms with E-state index in [9.17, 15) is 0 Å². The van der Waals surface area contributed by atoms with E-state index in [1.165, 1.54) is 12.1 Å². The van der Waals surface area contributed by atoms with Gasteiger partial charge in [0.2, 0.25) is 0 Å². The first-order chi connectivity index (χ1) is 5.95. The summed E-state index contributed by atoms with van der Waals surface area (Å²) < 4.78 is 2.19. The average Bonchev–Trinajstić information content (AvgIpc) is 2.71. The van der Waals surface area contributed by atoms with E-state index in [1.807, 2.05) is 0 Å². The van der Waals surface area contributed by atoms with E-state index in [0.717, 1.165) is 6.54 Å². The highest BCUT2D eigenvalue weighted by molar-refractivity contribution is 5.34. The summed E-state index contributed by atoms with van der Waals surface area (Å²) >= 11 is 0. The summed E-state index contributed by atoms with van der Waals surface area (Å²) in [7, 11) is 0. The molecule has 1 N–H and O–H groups in total. The van der Waals surface area contributed by atoms with Gasteiger partial charge in [-0.3, -0.25) is 0 Å². The van der Waals surface area contributed by atoms with Crippen LogP contribution in [0.25, 0.3) is 6.20 Å². The van der Waals surface area contributed by atoms with Crippen LogP contribution in [0.5, 0.6) is 0 Å². The fraction of sp³-hybridized carbons (Fsp3) is 0.333. The highest BCUT2D eigenvalue weighted by atomic mass is 15.5. The van der Waals surface area contributed by atoms with Crippen molar-refractivity contribution in [1.82, 2.24) is 15.0 Å². The van der Waals surface area contributed by atoms with Gasteiger partial charge in [0.25, 0.3) is 0 Å². The normalized spacial score (nSPS) is 25.7. The van der Waals surface area contributed by atoms with Gasteiger partial charge in [-0.25, -0.2) is 5.43 Å². The van der Waals surface area contributed by atoms with E-state index in [-0.39, 0.29) is 0 Å². The summed E-state index contributed by atoms with van der Waals surface area (Å²) in [4.78, 5) is 0. The second-order valence-corrected chi connectivity index (χ2v) is 3.26. The molecule has 0 bridgehead atoms. The molecule has 1 fully saturated rings. The molecule has 1 atom stereocenters. The molecule has 62 valence electrons. The lowest BCUT2D eigenvalue weighted by atomic mass is 10.1. The zero-order valence-corrected chi connectivity index (χ0v) is 6.77. The van der Waals surface area contributed by atoms with Crippen LogP contribution in [0.1, 0.15) is 18.2 Å². The molecule has 3 heterocycles. The largest absolute Gasteiger partial charge is 0.324 e. The Kier molecular flexibility index (Phi) is 1.12. The van der Waals surface area contributed by atoms with E-state index in [0.29, 0.717) is 6.04 Å². The zero-order chi connectivity index (χ0) is 7.97. The minimum Gasteiger partial charge on any atom is -0.324 e. The molecule has 3 heteroatoms. The molecule has 3 rings (SSSR count). The molecule has 2 aliphatic heterocycles. The second kappa shape index (κ2) is 2.14. The van der Waals surface area contributed by atoms with Gasteiger partial charge in [0.15, 0.2) is 0 Å². The first-order valence-electron chi connectivity index (χ1n) is 4.32. The minimum atomic E-state index is 0.546. The highest BCUT2D eigenvalue weighted by Crippen LogP contribution is 2.30. The Morgan fingerprint density at radius 3 is 3.42 bits per heavy atom. The molecule has 0 radical (unpaired) electrons. The van der Waals surface area contributed by atoms with Crippen molar-refractivity contribution in [2.24, 2.45) is 0 Å². The molecule has 1 aromatic rings. The van der Waals surface area contributed by atoms with Crippen molar-refractivity contribution in [2.75, 3.05) is 6.54 Å². The lowest BCUT2D eigenvalue weighted by Crippen LogP contribution is -2.30. The van der Waals surface area contributed by atoms with Gasteiger partial charge in [-0.2, -0.15) is 0 Å². The lowest BCUT2D eigenvalue weighted by Gasteiger charge is -2.26. The molecule has 1 aromatic heterocycles. The Balaban J connectivity index is 2.12. The van der Waals surface area contributed by atoms with E-state index >= 15 is 0 Å². The molecule has 1 saturated heterocycles. The average molecular weight is 161 g/mol. The fourth-order valence-corrected chi connectivity index (χ4v) is 2.00. The third-order valence-electron chi connectivity index (χ3n) is 2.59. The van der Waals surface area contributed by atoms with Crippen LogP contribution in [0.3, 0.4) is 0 Å². The van der Waals surface area contributed by atoms with Crippen molar-refractivity contribution < 1.29 is 0 Å². The van der Waals surface area contributed by atoms with E-state index in [1.54, 1.807) is 0 Å². The number of hydrogen-bond donors (Lipinski definition) is 1. The lowest BCUT2D eigenvalue weighted by molar-refractivity contribution is 0.266. The predicted octanol–water partition coefficient (Wildman–Crippen LogP) is 1.18. The molecule has 1 unspecified atom stereocenters. The molecule has 0 aromatic carbocycles. The van der Waals surface area contributed by atoms with Crippen molar-refractivity contribution in [3.05, 3.63) is 30.2 Å². The fourth-order valence-electron chi connectivity index (χ4n) is 2.00. The van der Waals surface area contributed by atoms with Crippen LogP contribution in [0, 0.1) is 0 Å². The Bertz CT molecular complexity index is 326. The van der Waals surface area contributed by atoms with Crippen molar-refractivity contribution in [3.8, 4) is 0 Å². The molecule has 3 nitrogen and oxygen atoms in total. The van der Waals surface area contributed by atoms with Crippen LogP contribution >= 0.6 is 0 Å². The topological polar surface area (TPSA) is 20.2 Å². The van der Waals surface area contributed by atoms with Gasteiger partial charge in [0, 0.05) is 30.8 Å². The first kappa shape index (κ1) is 6.31. The summed E-state index contributed by atoms with van der Waals surface area (Å²) in [5.74, 6) is 0. The Hall–Kier alpha value is -1.22. The molecular weight excluding hydrogens is 150 g/mol. The molecule has 0 spiro atoms. The van der Waals surface area contributed by atoms with Crippen LogP contribution in [0.2, 0.25) is 0 Å². The van der Waals surface area contributed by atoms with Gasteiger partial charge in [-0.15, -0.1) is 0 Å². The van der Waals surface area contributed by atoms with Crippen molar-refractivity contribution in [1.29, 1.82) is 0 Å². The van der Waals surface area contributed by atoms with Gasteiger partial charge in [0.05, 0.1) is 6.04 Å². The SMILES string of the molecule is C1=Cn2cccc2C2CCNN12. The maximum Gasteiger partial charge on any atom is 0.0865 e.